The molecule has 6 heteroatoms. The first-order valence-corrected chi connectivity index (χ1v) is 10.9. The molecule has 0 aromatic heterocycles. The number of aliphatic hydroxyl groups is 1. The average Bonchev–Trinajstić information content (AvgIpc) is 3.09. The molecule has 1 aliphatic rings. The van der Waals surface area contributed by atoms with Gasteiger partial charge in [-0.25, -0.2) is 0 Å². The zero-order valence-electron chi connectivity index (χ0n) is 19.9. The summed E-state index contributed by atoms with van der Waals surface area (Å²) >= 11 is 0. The third-order valence-electron chi connectivity index (χ3n) is 6.13. The minimum Gasteiger partial charge on any atom is -0.507 e. The molecular formula is C28H27NO5. The Bertz CT molecular complexity index is 1320. The van der Waals surface area contributed by atoms with E-state index in [2.05, 4.69) is 0 Å². The molecule has 0 saturated carbocycles. The molecule has 3 aromatic carbocycles. The molecular weight excluding hydrogens is 430 g/mol. The van der Waals surface area contributed by atoms with Crippen molar-refractivity contribution in [2.75, 3.05) is 19.1 Å². The topological polar surface area (TPSA) is 76.1 Å². The lowest BCUT2D eigenvalue weighted by atomic mass is 9.94. The number of amides is 1. The molecule has 1 amide bonds. The van der Waals surface area contributed by atoms with E-state index in [1.54, 1.807) is 50.6 Å². The van der Waals surface area contributed by atoms with E-state index in [1.807, 2.05) is 45.0 Å². The lowest BCUT2D eigenvalue weighted by molar-refractivity contribution is -0.132. The number of hydrogen-bond acceptors (Lipinski definition) is 5. The first-order valence-electron chi connectivity index (χ1n) is 10.9. The highest BCUT2D eigenvalue weighted by Gasteiger charge is 2.47. The number of hydrogen-bond donors (Lipinski definition) is 1. The summed E-state index contributed by atoms with van der Waals surface area (Å²) in [5.74, 6) is -0.407. The third-order valence-corrected chi connectivity index (χ3v) is 6.13. The smallest absolute Gasteiger partial charge is 0.300 e. The number of aliphatic hydroxyl groups excluding tert-OH is 1. The number of anilines is 1. The van der Waals surface area contributed by atoms with Gasteiger partial charge in [-0.05, 0) is 73.9 Å². The molecule has 1 unspecified atom stereocenters. The van der Waals surface area contributed by atoms with E-state index in [4.69, 9.17) is 9.47 Å². The van der Waals surface area contributed by atoms with Crippen molar-refractivity contribution >= 4 is 23.1 Å². The Morgan fingerprint density at radius 3 is 2.29 bits per heavy atom. The maximum atomic E-state index is 13.4. The lowest BCUT2D eigenvalue weighted by Gasteiger charge is -2.27. The van der Waals surface area contributed by atoms with E-state index in [-0.39, 0.29) is 11.3 Å². The standard InChI is InChI=1S/C28H27NO5/c1-16-9-11-22(17(2)13-16)29-25(19-7-6-8-21(15-19)33-4)24(27(31)28(29)32)26(30)20-10-12-23(34-5)18(3)14-20/h6-15,25,30H,1-5H3/b26-24+. The van der Waals surface area contributed by atoms with Crippen LogP contribution in [0.15, 0.2) is 66.2 Å². The Labute approximate surface area is 199 Å². The summed E-state index contributed by atoms with van der Waals surface area (Å²) in [5.41, 5.74) is 4.44. The van der Waals surface area contributed by atoms with Crippen LogP contribution in [0.5, 0.6) is 11.5 Å². The number of benzene rings is 3. The van der Waals surface area contributed by atoms with Crippen LogP contribution in [0.4, 0.5) is 5.69 Å². The second kappa shape index (κ2) is 9.06. The molecule has 4 rings (SSSR count). The molecule has 1 N–H and O–H groups in total. The molecule has 1 fully saturated rings. The van der Waals surface area contributed by atoms with E-state index >= 15 is 0 Å². The number of Topliss-reactive ketones (excluding diaryl/α,β-unsaturated/α-hetero) is 1. The van der Waals surface area contributed by atoms with Gasteiger partial charge in [-0.2, -0.15) is 0 Å². The van der Waals surface area contributed by atoms with Crippen molar-refractivity contribution in [1.29, 1.82) is 0 Å². The van der Waals surface area contributed by atoms with Crippen LogP contribution in [0, 0.1) is 20.8 Å². The lowest BCUT2D eigenvalue weighted by Crippen LogP contribution is -2.30. The number of nitrogens with zero attached hydrogens (tertiary/aromatic N) is 1. The summed E-state index contributed by atoms with van der Waals surface area (Å²) in [6, 6.07) is 17.2. The van der Waals surface area contributed by atoms with Crippen molar-refractivity contribution in [3.05, 3.63) is 94.1 Å². The summed E-state index contributed by atoms with van der Waals surface area (Å²) in [4.78, 5) is 28.2. The second-order valence-electron chi connectivity index (χ2n) is 8.42. The van der Waals surface area contributed by atoms with Crippen molar-refractivity contribution in [2.45, 2.75) is 26.8 Å². The summed E-state index contributed by atoms with van der Waals surface area (Å²) in [6.07, 6.45) is 0. The SMILES string of the molecule is COc1cccc(C2/C(=C(\O)c3ccc(OC)c(C)c3)C(=O)C(=O)N2c2ccc(C)cc2C)c1. The predicted octanol–water partition coefficient (Wildman–Crippen LogP) is 5.26. The predicted molar refractivity (Wildman–Crippen MR) is 131 cm³/mol. The average molecular weight is 458 g/mol. The molecule has 0 radical (unpaired) electrons. The van der Waals surface area contributed by atoms with Gasteiger partial charge in [0, 0.05) is 11.3 Å². The molecule has 0 spiro atoms. The normalized spacial score (nSPS) is 17.2. The number of methoxy groups -OCH3 is 2. The van der Waals surface area contributed by atoms with E-state index in [0.29, 0.717) is 28.3 Å². The Morgan fingerprint density at radius 1 is 0.882 bits per heavy atom. The fourth-order valence-electron chi connectivity index (χ4n) is 4.46. The fraction of sp³-hybridized carbons (Fsp3) is 0.214. The summed E-state index contributed by atoms with van der Waals surface area (Å²) in [6.45, 7) is 5.72. The van der Waals surface area contributed by atoms with Crippen LogP contribution >= 0.6 is 0 Å². The molecule has 1 aliphatic heterocycles. The number of ketones is 1. The van der Waals surface area contributed by atoms with Crippen molar-refractivity contribution in [3.63, 3.8) is 0 Å². The van der Waals surface area contributed by atoms with Crippen molar-refractivity contribution < 1.29 is 24.2 Å². The molecule has 1 atom stereocenters. The van der Waals surface area contributed by atoms with Crippen LogP contribution in [-0.2, 0) is 9.59 Å². The van der Waals surface area contributed by atoms with Gasteiger partial charge >= 0.3 is 0 Å². The number of carbonyl (C=O) groups is 2. The minimum absolute atomic E-state index is 0.0304. The number of aryl methyl sites for hydroxylation is 3. The first-order chi connectivity index (χ1) is 16.3. The first kappa shape index (κ1) is 23.1. The van der Waals surface area contributed by atoms with Gasteiger partial charge in [0.15, 0.2) is 0 Å². The van der Waals surface area contributed by atoms with Crippen LogP contribution < -0.4 is 14.4 Å². The Morgan fingerprint density at radius 2 is 1.65 bits per heavy atom. The van der Waals surface area contributed by atoms with Gasteiger partial charge in [0.25, 0.3) is 11.7 Å². The highest BCUT2D eigenvalue weighted by molar-refractivity contribution is 6.51. The monoisotopic (exact) mass is 457 g/mol. The fourth-order valence-corrected chi connectivity index (χ4v) is 4.46. The van der Waals surface area contributed by atoms with Crippen molar-refractivity contribution in [2.24, 2.45) is 0 Å². The van der Waals surface area contributed by atoms with Gasteiger partial charge in [-0.1, -0.05) is 29.8 Å². The zero-order chi connectivity index (χ0) is 24.6. The minimum atomic E-state index is -0.820. The van der Waals surface area contributed by atoms with Gasteiger partial charge in [0.2, 0.25) is 0 Å². The van der Waals surface area contributed by atoms with E-state index in [1.165, 1.54) is 4.90 Å². The second-order valence-corrected chi connectivity index (χ2v) is 8.42. The van der Waals surface area contributed by atoms with Gasteiger partial charge in [-0.3, -0.25) is 14.5 Å². The molecule has 3 aromatic rings. The number of ether oxygens (including phenoxy) is 2. The summed E-state index contributed by atoms with van der Waals surface area (Å²) in [5, 5.41) is 11.3. The Hall–Kier alpha value is -4.06. The number of rotatable bonds is 5. The van der Waals surface area contributed by atoms with Crippen LogP contribution in [-0.4, -0.2) is 31.0 Å². The molecule has 1 saturated heterocycles. The highest BCUT2D eigenvalue weighted by atomic mass is 16.5. The molecule has 0 aliphatic carbocycles. The van der Waals surface area contributed by atoms with E-state index in [0.717, 1.165) is 16.7 Å². The highest BCUT2D eigenvalue weighted by Crippen LogP contribution is 2.44. The maximum Gasteiger partial charge on any atom is 0.300 e. The van der Waals surface area contributed by atoms with Crippen LogP contribution in [0.2, 0.25) is 0 Å². The van der Waals surface area contributed by atoms with Crippen LogP contribution in [0.3, 0.4) is 0 Å². The molecule has 6 nitrogen and oxygen atoms in total. The maximum absolute atomic E-state index is 13.4. The van der Waals surface area contributed by atoms with Crippen LogP contribution in [0.25, 0.3) is 5.76 Å². The summed E-state index contributed by atoms with van der Waals surface area (Å²) in [7, 11) is 3.13. The zero-order valence-corrected chi connectivity index (χ0v) is 19.9. The molecule has 34 heavy (non-hydrogen) atoms. The third kappa shape index (κ3) is 3.92. The Kier molecular flexibility index (Phi) is 6.16. The van der Waals surface area contributed by atoms with Crippen molar-refractivity contribution in [3.8, 4) is 11.5 Å². The molecule has 0 bridgehead atoms. The van der Waals surface area contributed by atoms with E-state index in [9.17, 15) is 14.7 Å². The molecule has 1 heterocycles. The van der Waals surface area contributed by atoms with Gasteiger partial charge < -0.3 is 14.6 Å². The van der Waals surface area contributed by atoms with Gasteiger partial charge in [-0.15, -0.1) is 0 Å². The quantitative estimate of drug-likeness (QED) is 0.322. The van der Waals surface area contributed by atoms with Gasteiger partial charge in [0.1, 0.15) is 17.3 Å². The molecule has 174 valence electrons. The largest absolute Gasteiger partial charge is 0.507 e. The van der Waals surface area contributed by atoms with Gasteiger partial charge in [0.05, 0.1) is 25.8 Å². The summed E-state index contributed by atoms with van der Waals surface area (Å²) < 4.78 is 10.7. The van der Waals surface area contributed by atoms with E-state index < -0.39 is 17.7 Å². The van der Waals surface area contributed by atoms with Crippen molar-refractivity contribution in [1.82, 2.24) is 0 Å². The van der Waals surface area contributed by atoms with Crippen LogP contribution in [0.1, 0.15) is 33.9 Å². The number of carbonyl (C=O) groups excluding carboxylic acids is 2. The Balaban J connectivity index is 1.97.